The molecule has 3 heterocycles. The van der Waals surface area contributed by atoms with Crippen molar-refractivity contribution in [1.29, 1.82) is 0 Å². The lowest BCUT2D eigenvalue weighted by atomic mass is 10.1. The summed E-state index contributed by atoms with van der Waals surface area (Å²) in [6, 6.07) is 6.99. The minimum absolute atomic E-state index is 0.0648. The van der Waals surface area contributed by atoms with Gasteiger partial charge in [0.1, 0.15) is 6.61 Å². The number of amides is 1. The molecule has 1 atom stereocenters. The fourth-order valence-corrected chi connectivity index (χ4v) is 4.71. The van der Waals surface area contributed by atoms with E-state index in [0.717, 1.165) is 36.8 Å². The lowest BCUT2D eigenvalue weighted by molar-refractivity contribution is -0.141. The highest BCUT2D eigenvalue weighted by Gasteiger charge is 2.34. The maximum atomic E-state index is 13.1. The lowest BCUT2D eigenvalue weighted by Crippen LogP contribution is -2.44. The fourth-order valence-electron chi connectivity index (χ4n) is 4.71. The molecule has 0 saturated carbocycles. The summed E-state index contributed by atoms with van der Waals surface area (Å²) in [6.07, 6.45) is -1.20. The standard InChI is InChI=1S/C25H33F3N4O4/c1-2-35-21-7-3-5-19-17-30-10-4-6-20(30)18-31(13-14-34-15-16-36-24(19)21)23(33)9-12-32-11-8-22(29-32)25(26,27)28/h3,5,7-8,11,20H,2,4,6,9-10,12-18H2,1H3/t20-/m0/s1. The molecule has 1 saturated heterocycles. The van der Waals surface area contributed by atoms with Crippen molar-refractivity contribution in [2.45, 2.75) is 51.5 Å². The van der Waals surface area contributed by atoms with Gasteiger partial charge in [0.05, 0.1) is 19.8 Å². The van der Waals surface area contributed by atoms with Gasteiger partial charge < -0.3 is 19.1 Å². The van der Waals surface area contributed by atoms with E-state index >= 15 is 0 Å². The third kappa shape index (κ3) is 6.70. The predicted molar refractivity (Wildman–Crippen MR) is 126 cm³/mol. The van der Waals surface area contributed by atoms with Crippen LogP contribution in [0.1, 0.15) is 37.4 Å². The molecule has 0 spiro atoms. The van der Waals surface area contributed by atoms with E-state index in [1.54, 1.807) is 4.90 Å². The molecule has 0 bridgehead atoms. The minimum atomic E-state index is -4.50. The Morgan fingerprint density at radius 3 is 2.83 bits per heavy atom. The van der Waals surface area contributed by atoms with E-state index in [0.29, 0.717) is 51.8 Å². The van der Waals surface area contributed by atoms with Crippen molar-refractivity contribution < 1.29 is 32.2 Å². The largest absolute Gasteiger partial charge is 0.490 e. The molecule has 0 N–H and O–H groups in total. The van der Waals surface area contributed by atoms with Crippen LogP contribution >= 0.6 is 0 Å². The summed E-state index contributed by atoms with van der Waals surface area (Å²) in [6.45, 7) is 6.17. The van der Waals surface area contributed by atoms with E-state index < -0.39 is 11.9 Å². The second-order valence-electron chi connectivity index (χ2n) is 8.96. The maximum absolute atomic E-state index is 13.1. The van der Waals surface area contributed by atoms with E-state index in [9.17, 15) is 18.0 Å². The molecule has 1 amide bonds. The van der Waals surface area contributed by atoms with Crippen LogP contribution in [0.4, 0.5) is 13.2 Å². The van der Waals surface area contributed by atoms with Crippen LogP contribution in [0.2, 0.25) is 0 Å². The van der Waals surface area contributed by atoms with E-state index in [1.165, 1.54) is 10.9 Å². The molecular formula is C25H33F3N4O4. The molecule has 0 radical (unpaired) electrons. The molecule has 1 fully saturated rings. The number of aryl methyl sites for hydroxylation is 1. The SMILES string of the molecule is CCOc1cccc2c1OCCOCCN(C(=O)CCn1ccc(C(F)(F)F)n1)C[C@@H]1CCCN1C2. The molecule has 8 nitrogen and oxygen atoms in total. The molecule has 0 aliphatic carbocycles. The first-order chi connectivity index (χ1) is 17.3. The van der Waals surface area contributed by atoms with Crippen LogP contribution in [0.3, 0.4) is 0 Å². The lowest BCUT2D eigenvalue weighted by Gasteiger charge is -2.31. The van der Waals surface area contributed by atoms with E-state index in [2.05, 4.69) is 10.00 Å². The Hall–Kier alpha value is -2.79. The first-order valence-corrected chi connectivity index (χ1v) is 12.4. The number of hydrogen-bond donors (Lipinski definition) is 0. The Morgan fingerprint density at radius 2 is 2.06 bits per heavy atom. The average molecular weight is 511 g/mol. The van der Waals surface area contributed by atoms with Gasteiger partial charge in [0.15, 0.2) is 17.2 Å². The van der Waals surface area contributed by atoms with Crippen LogP contribution in [-0.2, 0) is 28.8 Å². The number of aromatic nitrogens is 2. The Balaban J connectivity index is 1.45. The summed E-state index contributed by atoms with van der Waals surface area (Å²) < 4.78 is 57.3. The Kier molecular flexibility index (Phi) is 8.73. The number of fused-ring (bicyclic) bond motifs is 2. The Labute approximate surface area is 208 Å². The van der Waals surface area contributed by atoms with Gasteiger partial charge in [-0.25, -0.2) is 0 Å². The van der Waals surface area contributed by atoms with Crippen LogP contribution in [0, 0.1) is 0 Å². The maximum Gasteiger partial charge on any atom is 0.435 e. The van der Waals surface area contributed by atoms with Crippen molar-refractivity contribution >= 4 is 5.91 Å². The van der Waals surface area contributed by atoms with Crippen molar-refractivity contribution in [1.82, 2.24) is 19.6 Å². The number of hydrogen-bond acceptors (Lipinski definition) is 6. The molecule has 2 aliphatic heterocycles. The molecule has 1 aromatic heterocycles. The van der Waals surface area contributed by atoms with Crippen LogP contribution < -0.4 is 9.47 Å². The third-order valence-electron chi connectivity index (χ3n) is 6.48. The molecular weight excluding hydrogens is 477 g/mol. The van der Waals surface area contributed by atoms with Gasteiger partial charge in [0, 0.05) is 50.4 Å². The molecule has 11 heteroatoms. The zero-order valence-corrected chi connectivity index (χ0v) is 20.5. The second kappa shape index (κ2) is 12.0. The monoisotopic (exact) mass is 510 g/mol. The molecule has 2 aliphatic rings. The summed E-state index contributed by atoms with van der Waals surface area (Å²) in [5.74, 6) is 1.32. The number of benzene rings is 1. The van der Waals surface area contributed by atoms with Gasteiger partial charge in [-0.3, -0.25) is 14.4 Å². The summed E-state index contributed by atoms with van der Waals surface area (Å²) in [4.78, 5) is 17.2. The zero-order chi connectivity index (χ0) is 25.5. The first-order valence-electron chi connectivity index (χ1n) is 12.4. The molecule has 2 aromatic rings. The van der Waals surface area contributed by atoms with E-state index in [4.69, 9.17) is 14.2 Å². The number of carbonyl (C=O) groups excluding carboxylic acids is 1. The van der Waals surface area contributed by atoms with Crippen molar-refractivity contribution in [3.63, 3.8) is 0 Å². The summed E-state index contributed by atoms with van der Waals surface area (Å²) in [7, 11) is 0. The normalized spacial score (nSPS) is 19.9. The number of nitrogens with zero attached hydrogens (tertiary/aromatic N) is 4. The van der Waals surface area contributed by atoms with Gasteiger partial charge in [-0.15, -0.1) is 0 Å². The van der Waals surface area contributed by atoms with Gasteiger partial charge in [-0.1, -0.05) is 12.1 Å². The zero-order valence-electron chi connectivity index (χ0n) is 20.5. The Bertz CT molecular complexity index is 1010. The topological polar surface area (TPSA) is 69.1 Å². The second-order valence-corrected chi connectivity index (χ2v) is 8.96. The van der Waals surface area contributed by atoms with Crippen molar-refractivity contribution in [2.24, 2.45) is 0 Å². The summed E-state index contributed by atoms with van der Waals surface area (Å²) in [5, 5.41) is 3.55. The Morgan fingerprint density at radius 1 is 1.19 bits per heavy atom. The van der Waals surface area contributed by atoms with Crippen molar-refractivity contribution in [2.75, 3.05) is 46.1 Å². The van der Waals surface area contributed by atoms with Crippen LogP contribution in [0.25, 0.3) is 0 Å². The molecule has 198 valence electrons. The van der Waals surface area contributed by atoms with E-state index in [1.807, 2.05) is 25.1 Å². The highest BCUT2D eigenvalue weighted by molar-refractivity contribution is 5.76. The van der Waals surface area contributed by atoms with Gasteiger partial charge in [-0.2, -0.15) is 18.3 Å². The first kappa shape index (κ1) is 26.3. The van der Waals surface area contributed by atoms with E-state index in [-0.39, 0.29) is 24.9 Å². The fraction of sp³-hybridized carbons (Fsp3) is 0.600. The molecule has 4 rings (SSSR count). The quantitative estimate of drug-likeness (QED) is 0.613. The number of ether oxygens (including phenoxy) is 3. The average Bonchev–Trinajstić information content (AvgIpc) is 3.49. The molecule has 36 heavy (non-hydrogen) atoms. The smallest absolute Gasteiger partial charge is 0.435 e. The van der Waals surface area contributed by atoms with Crippen LogP contribution in [0.15, 0.2) is 30.5 Å². The highest BCUT2D eigenvalue weighted by atomic mass is 19.4. The number of halogens is 3. The minimum Gasteiger partial charge on any atom is -0.490 e. The van der Waals surface area contributed by atoms with Gasteiger partial charge in [0.2, 0.25) is 5.91 Å². The van der Waals surface area contributed by atoms with Crippen LogP contribution in [0.5, 0.6) is 11.5 Å². The van der Waals surface area contributed by atoms with Crippen molar-refractivity contribution in [3.8, 4) is 11.5 Å². The predicted octanol–water partition coefficient (Wildman–Crippen LogP) is 3.59. The van der Waals surface area contributed by atoms with Gasteiger partial charge >= 0.3 is 6.18 Å². The van der Waals surface area contributed by atoms with Crippen molar-refractivity contribution in [3.05, 3.63) is 41.7 Å². The van der Waals surface area contributed by atoms with Gasteiger partial charge in [0.25, 0.3) is 0 Å². The summed E-state index contributed by atoms with van der Waals surface area (Å²) in [5.41, 5.74) is 0.0754. The molecule has 0 unspecified atom stereocenters. The highest BCUT2D eigenvalue weighted by Crippen LogP contribution is 2.34. The summed E-state index contributed by atoms with van der Waals surface area (Å²) >= 11 is 0. The van der Waals surface area contributed by atoms with Gasteiger partial charge in [-0.05, 0) is 38.4 Å². The third-order valence-corrected chi connectivity index (χ3v) is 6.48. The van der Waals surface area contributed by atoms with Crippen LogP contribution in [-0.4, -0.2) is 77.6 Å². The number of alkyl halides is 3. The molecule has 1 aromatic carbocycles. The number of rotatable bonds is 5. The number of para-hydroxylation sites is 1. The number of carbonyl (C=O) groups is 1.